The van der Waals surface area contributed by atoms with Gasteiger partial charge >= 0.3 is 0 Å². The molecule has 17 heavy (non-hydrogen) atoms. The van der Waals surface area contributed by atoms with Crippen LogP contribution >= 0.6 is 0 Å². The second kappa shape index (κ2) is 3.86. The van der Waals surface area contributed by atoms with Gasteiger partial charge in [-0.15, -0.1) is 10.2 Å². The Balaban J connectivity index is 2.17. The maximum Gasteiger partial charge on any atom is 0.248 e. The molecule has 2 heterocycles. The van der Waals surface area contributed by atoms with Gasteiger partial charge in [0.1, 0.15) is 0 Å². The van der Waals surface area contributed by atoms with Gasteiger partial charge in [-0.2, -0.15) is 5.10 Å². The minimum Gasteiger partial charge on any atom is -0.421 e. The van der Waals surface area contributed by atoms with Crippen molar-refractivity contribution >= 4 is 0 Å². The highest BCUT2D eigenvalue weighted by Crippen LogP contribution is 2.29. The van der Waals surface area contributed by atoms with Crippen LogP contribution in [0.1, 0.15) is 5.89 Å². The first-order valence-corrected chi connectivity index (χ1v) is 5.24. The van der Waals surface area contributed by atoms with Crippen LogP contribution in [0.2, 0.25) is 0 Å². The molecule has 5 heteroatoms. The SMILES string of the molecule is Cc1nnc(-c2ccccc2-c2ccn[nH]2)o1. The average Bonchev–Trinajstić information content (AvgIpc) is 3.00. The molecule has 3 aromatic rings. The molecule has 1 N–H and O–H groups in total. The maximum absolute atomic E-state index is 5.45. The summed E-state index contributed by atoms with van der Waals surface area (Å²) in [5, 5.41) is 14.8. The highest BCUT2D eigenvalue weighted by Gasteiger charge is 2.12. The van der Waals surface area contributed by atoms with E-state index < -0.39 is 0 Å². The normalized spacial score (nSPS) is 10.6. The van der Waals surface area contributed by atoms with Crippen LogP contribution in [0.4, 0.5) is 0 Å². The summed E-state index contributed by atoms with van der Waals surface area (Å²) >= 11 is 0. The zero-order valence-corrected chi connectivity index (χ0v) is 9.21. The van der Waals surface area contributed by atoms with Crippen molar-refractivity contribution in [3.63, 3.8) is 0 Å². The van der Waals surface area contributed by atoms with E-state index in [1.165, 1.54) is 0 Å². The molecule has 0 unspecified atom stereocenters. The van der Waals surface area contributed by atoms with E-state index in [1.807, 2.05) is 30.3 Å². The number of rotatable bonds is 2. The molecular formula is C12H10N4O. The van der Waals surface area contributed by atoms with Crippen LogP contribution in [-0.2, 0) is 0 Å². The van der Waals surface area contributed by atoms with Crippen molar-refractivity contribution in [2.24, 2.45) is 0 Å². The van der Waals surface area contributed by atoms with E-state index in [9.17, 15) is 0 Å². The van der Waals surface area contributed by atoms with Gasteiger partial charge in [0.2, 0.25) is 11.8 Å². The summed E-state index contributed by atoms with van der Waals surface area (Å²) in [6.45, 7) is 1.77. The van der Waals surface area contributed by atoms with Crippen molar-refractivity contribution in [3.05, 3.63) is 42.4 Å². The summed E-state index contributed by atoms with van der Waals surface area (Å²) in [7, 11) is 0. The van der Waals surface area contributed by atoms with Crippen molar-refractivity contribution in [1.29, 1.82) is 0 Å². The lowest BCUT2D eigenvalue weighted by Gasteiger charge is -2.02. The molecule has 5 nitrogen and oxygen atoms in total. The van der Waals surface area contributed by atoms with Crippen molar-refractivity contribution in [2.45, 2.75) is 6.92 Å². The number of aryl methyl sites for hydroxylation is 1. The average molecular weight is 226 g/mol. The van der Waals surface area contributed by atoms with Gasteiger partial charge in [0, 0.05) is 24.2 Å². The van der Waals surface area contributed by atoms with Crippen molar-refractivity contribution < 1.29 is 4.42 Å². The first-order chi connectivity index (χ1) is 8.34. The van der Waals surface area contributed by atoms with Gasteiger partial charge in [-0.3, -0.25) is 5.10 Å². The number of hydrogen-bond acceptors (Lipinski definition) is 4. The van der Waals surface area contributed by atoms with Crippen LogP contribution in [0.3, 0.4) is 0 Å². The third-order valence-electron chi connectivity index (χ3n) is 2.47. The third-order valence-corrected chi connectivity index (χ3v) is 2.47. The van der Waals surface area contributed by atoms with Gasteiger partial charge in [0.05, 0.1) is 5.69 Å². The molecule has 0 spiro atoms. The number of aromatic amines is 1. The van der Waals surface area contributed by atoms with Crippen LogP contribution in [-0.4, -0.2) is 20.4 Å². The van der Waals surface area contributed by atoms with Gasteiger partial charge in [-0.1, -0.05) is 18.2 Å². The number of benzene rings is 1. The molecule has 0 fully saturated rings. The Bertz CT molecular complexity index is 628. The molecule has 0 aliphatic carbocycles. The quantitative estimate of drug-likeness (QED) is 0.728. The molecule has 84 valence electrons. The molecule has 2 aromatic heterocycles. The number of H-pyrrole nitrogens is 1. The molecule has 0 aliphatic rings. The number of nitrogens with one attached hydrogen (secondary N) is 1. The Morgan fingerprint density at radius 2 is 1.88 bits per heavy atom. The molecule has 0 saturated carbocycles. The molecule has 0 amide bonds. The van der Waals surface area contributed by atoms with Crippen molar-refractivity contribution in [2.75, 3.05) is 0 Å². The Morgan fingerprint density at radius 1 is 1.06 bits per heavy atom. The summed E-state index contributed by atoms with van der Waals surface area (Å²) in [5.41, 5.74) is 2.82. The molecule has 0 saturated heterocycles. The largest absolute Gasteiger partial charge is 0.421 e. The van der Waals surface area contributed by atoms with Crippen LogP contribution in [0, 0.1) is 6.92 Å². The fourth-order valence-electron chi connectivity index (χ4n) is 1.72. The first kappa shape index (κ1) is 9.77. The summed E-state index contributed by atoms with van der Waals surface area (Å²) in [6.07, 6.45) is 1.71. The second-order valence-electron chi connectivity index (χ2n) is 3.64. The standard InChI is InChI=1S/C12H10N4O/c1-8-14-16-12(17-8)10-5-3-2-4-9(10)11-6-7-13-15-11/h2-7H,1H3,(H,13,15). The highest BCUT2D eigenvalue weighted by molar-refractivity contribution is 5.77. The summed E-state index contributed by atoms with van der Waals surface area (Å²) in [4.78, 5) is 0. The van der Waals surface area contributed by atoms with E-state index in [-0.39, 0.29) is 0 Å². The fraction of sp³-hybridized carbons (Fsp3) is 0.0833. The van der Waals surface area contributed by atoms with Gasteiger partial charge in [-0.25, -0.2) is 0 Å². The topological polar surface area (TPSA) is 67.6 Å². The molecule has 0 radical (unpaired) electrons. The number of nitrogens with zero attached hydrogens (tertiary/aromatic N) is 3. The number of aromatic nitrogens is 4. The predicted molar refractivity (Wildman–Crippen MR) is 62.1 cm³/mol. The smallest absolute Gasteiger partial charge is 0.248 e. The molecule has 0 bridgehead atoms. The van der Waals surface area contributed by atoms with Gasteiger partial charge in [-0.05, 0) is 12.1 Å². The molecule has 0 atom stereocenters. The van der Waals surface area contributed by atoms with E-state index >= 15 is 0 Å². The molecule has 3 rings (SSSR count). The minimum absolute atomic E-state index is 0.521. The number of hydrogen-bond donors (Lipinski definition) is 1. The Hall–Kier alpha value is -2.43. The zero-order chi connectivity index (χ0) is 11.7. The molecule has 1 aromatic carbocycles. The van der Waals surface area contributed by atoms with E-state index in [4.69, 9.17) is 4.42 Å². The minimum atomic E-state index is 0.521. The van der Waals surface area contributed by atoms with Crippen LogP contribution in [0.5, 0.6) is 0 Å². The zero-order valence-electron chi connectivity index (χ0n) is 9.21. The second-order valence-corrected chi connectivity index (χ2v) is 3.64. The third kappa shape index (κ3) is 1.71. The Labute approximate surface area is 97.5 Å². The van der Waals surface area contributed by atoms with E-state index in [1.54, 1.807) is 13.1 Å². The lowest BCUT2D eigenvalue weighted by Crippen LogP contribution is -1.85. The van der Waals surface area contributed by atoms with Gasteiger partial charge < -0.3 is 4.42 Å². The van der Waals surface area contributed by atoms with E-state index in [0.29, 0.717) is 11.8 Å². The molecule has 0 aliphatic heterocycles. The summed E-state index contributed by atoms with van der Waals surface area (Å²) in [6, 6.07) is 9.74. The fourth-order valence-corrected chi connectivity index (χ4v) is 1.72. The van der Waals surface area contributed by atoms with Crippen molar-refractivity contribution in [3.8, 4) is 22.7 Å². The van der Waals surface area contributed by atoms with Crippen LogP contribution in [0.15, 0.2) is 40.9 Å². The van der Waals surface area contributed by atoms with Gasteiger partial charge in [0.25, 0.3) is 0 Å². The monoisotopic (exact) mass is 226 g/mol. The summed E-state index contributed by atoms with van der Waals surface area (Å²) in [5.74, 6) is 1.08. The summed E-state index contributed by atoms with van der Waals surface area (Å²) < 4.78 is 5.45. The van der Waals surface area contributed by atoms with Crippen LogP contribution < -0.4 is 0 Å². The first-order valence-electron chi connectivity index (χ1n) is 5.24. The van der Waals surface area contributed by atoms with Crippen LogP contribution in [0.25, 0.3) is 22.7 Å². The lowest BCUT2D eigenvalue weighted by molar-refractivity contribution is 0.533. The Morgan fingerprint density at radius 3 is 2.53 bits per heavy atom. The highest BCUT2D eigenvalue weighted by atomic mass is 16.4. The Kier molecular flexibility index (Phi) is 2.22. The molecular weight excluding hydrogens is 216 g/mol. The predicted octanol–water partition coefficient (Wildman–Crippen LogP) is 2.44. The van der Waals surface area contributed by atoms with Crippen molar-refractivity contribution in [1.82, 2.24) is 20.4 Å². The van der Waals surface area contributed by atoms with Gasteiger partial charge in [0.15, 0.2) is 0 Å². The van der Waals surface area contributed by atoms with E-state index in [0.717, 1.165) is 16.8 Å². The lowest BCUT2D eigenvalue weighted by atomic mass is 10.0. The van der Waals surface area contributed by atoms with E-state index in [2.05, 4.69) is 20.4 Å². The maximum atomic E-state index is 5.45.